The van der Waals surface area contributed by atoms with Gasteiger partial charge in [0.1, 0.15) is 0 Å². The zero-order valence-electron chi connectivity index (χ0n) is 7.99. The molecule has 0 unspecified atom stereocenters. The van der Waals surface area contributed by atoms with Gasteiger partial charge in [0, 0.05) is 0 Å². The molecule has 0 radical (unpaired) electrons. The molecule has 0 saturated carbocycles. The molecule has 1 rings (SSSR count). The molecule has 0 amide bonds. The summed E-state index contributed by atoms with van der Waals surface area (Å²) in [7, 11) is 0. The summed E-state index contributed by atoms with van der Waals surface area (Å²) in [6.45, 7) is 11.5. The maximum absolute atomic E-state index is 2.46. The Balaban J connectivity index is 3.15. The third-order valence-electron chi connectivity index (χ3n) is 1.97. The molecule has 0 nitrogen and oxygen atoms in total. The van der Waals surface area contributed by atoms with Crippen LogP contribution < -0.4 is 0 Å². The van der Waals surface area contributed by atoms with Crippen LogP contribution >= 0.6 is 0 Å². The van der Waals surface area contributed by atoms with E-state index in [1.165, 1.54) is 5.56 Å². The van der Waals surface area contributed by atoms with Crippen molar-refractivity contribution in [1.82, 2.24) is 0 Å². The Morgan fingerprint density at radius 1 is 1.18 bits per heavy atom. The van der Waals surface area contributed by atoms with Crippen LogP contribution in [-0.2, 0) is 5.41 Å². The summed E-state index contributed by atoms with van der Waals surface area (Å²) < 4.78 is 4.20. The van der Waals surface area contributed by atoms with E-state index in [1.807, 2.05) is 0 Å². The van der Waals surface area contributed by atoms with Crippen molar-refractivity contribution < 1.29 is 0 Å². The Labute approximate surface area is 79.2 Å². The first-order chi connectivity index (χ1) is 4.93. The van der Waals surface area contributed by atoms with Crippen molar-refractivity contribution in [2.24, 2.45) is 0 Å². The van der Waals surface area contributed by atoms with Crippen LogP contribution in [0.3, 0.4) is 0 Å². The third kappa shape index (κ3) is 1.89. The Morgan fingerprint density at radius 2 is 1.73 bits per heavy atom. The predicted molar refractivity (Wildman–Crippen MR) is 51.6 cm³/mol. The number of aryl methyl sites for hydroxylation is 1. The second-order valence-electron chi connectivity index (χ2n) is 4.12. The van der Waals surface area contributed by atoms with Crippen molar-refractivity contribution >= 4 is 20.4 Å². The fourth-order valence-corrected chi connectivity index (χ4v) is 4.56. The van der Waals surface area contributed by atoms with Crippen LogP contribution in [0.2, 0.25) is 0 Å². The van der Waals surface area contributed by atoms with Gasteiger partial charge in [-0.1, -0.05) is 0 Å². The van der Waals surface area contributed by atoms with Gasteiger partial charge in [-0.25, -0.2) is 0 Å². The quantitative estimate of drug-likeness (QED) is 0.632. The molecular formula is C10H16Te. The van der Waals surface area contributed by atoms with Gasteiger partial charge in [0.2, 0.25) is 0 Å². The second kappa shape index (κ2) is 2.96. The van der Waals surface area contributed by atoms with Crippen LogP contribution in [0, 0.1) is 13.8 Å². The van der Waals surface area contributed by atoms with Crippen LogP contribution in [0.4, 0.5) is 0 Å². The zero-order valence-corrected chi connectivity index (χ0v) is 10.3. The third-order valence-corrected chi connectivity index (χ3v) is 6.61. The molecular weight excluding hydrogens is 248 g/mol. The molecule has 0 aliphatic rings. The average molecular weight is 264 g/mol. The van der Waals surface area contributed by atoms with E-state index < -0.39 is 0 Å². The van der Waals surface area contributed by atoms with Gasteiger partial charge in [-0.3, -0.25) is 0 Å². The molecule has 0 saturated heterocycles. The Kier molecular flexibility index (Phi) is 2.52. The Bertz CT molecular complexity index is 250. The van der Waals surface area contributed by atoms with Gasteiger partial charge in [0.15, 0.2) is 0 Å². The SMILES string of the molecule is Cc1c[te]c(C(C)(C)C)c1C. The average Bonchev–Trinajstić information content (AvgIpc) is 2.11. The molecule has 11 heavy (non-hydrogen) atoms. The normalized spacial score (nSPS) is 12.1. The minimum atomic E-state index is 0.0520. The number of hydrogen-bond acceptors (Lipinski definition) is 0. The molecule has 1 heterocycles. The molecule has 0 fully saturated rings. The van der Waals surface area contributed by atoms with E-state index in [0.717, 1.165) is 0 Å². The summed E-state index contributed by atoms with van der Waals surface area (Å²) in [6, 6.07) is 0. The summed E-state index contributed by atoms with van der Waals surface area (Å²) in [5, 5.41) is 0. The molecule has 0 N–H and O–H groups in total. The Morgan fingerprint density at radius 3 is 1.91 bits per heavy atom. The summed E-state index contributed by atoms with van der Waals surface area (Å²) in [6.07, 6.45) is 0. The molecule has 0 atom stereocenters. The van der Waals surface area contributed by atoms with Crippen LogP contribution in [0.5, 0.6) is 0 Å². The van der Waals surface area contributed by atoms with Gasteiger partial charge >= 0.3 is 79.3 Å². The maximum atomic E-state index is 2.46. The summed E-state index contributed by atoms with van der Waals surface area (Å²) in [4.78, 5) is 0. The summed E-state index contributed by atoms with van der Waals surface area (Å²) in [5.41, 5.74) is 3.51. The summed E-state index contributed by atoms with van der Waals surface area (Å²) >= 11 is 0.0520. The van der Waals surface area contributed by atoms with E-state index in [4.69, 9.17) is 0 Å². The monoisotopic (exact) mass is 266 g/mol. The van der Waals surface area contributed by atoms with E-state index in [1.54, 1.807) is 9.14 Å². The minimum absolute atomic E-state index is 0.0520. The first-order valence-corrected chi connectivity index (χ1v) is 6.49. The van der Waals surface area contributed by atoms with Crippen LogP contribution in [0.15, 0.2) is 4.08 Å². The fraction of sp³-hybridized carbons (Fsp3) is 0.600. The fourth-order valence-electron chi connectivity index (χ4n) is 1.24. The van der Waals surface area contributed by atoms with Crippen molar-refractivity contribution in [2.45, 2.75) is 40.0 Å². The zero-order chi connectivity index (χ0) is 8.65. The van der Waals surface area contributed by atoms with Crippen LogP contribution in [0.25, 0.3) is 0 Å². The first-order valence-electron chi connectivity index (χ1n) is 3.98. The van der Waals surface area contributed by atoms with Crippen molar-refractivity contribution in [3.8, 4) is 0 Å². The molecule has 62 valence electrons. The van der Waals surface area contributed by atoms with Gasteiger partial charge < -0.3 is 0 Å². The van der Waals surface area contributed by atoms with Crippen molar-refractivity contribution in [3.05, 3.63) is 18.8 Å². The predicted octanol–water partition coefficient (Wildman–Crippen LogP) is 2.66. The van der Waals surface area contributed by atoms with E-state index >= 15 is 0 Å². The topological polar surface area (TPSA) is 0 Å². The number of rotatable bonds is 0. The molecule has 1 aromatic heterocycles. The van der Waals surface area contributed by atoms with Crippen LogP contribution in [-0.4, -0.2) is 20.4 Å². The molecule has 0 aliphatic carbocycles. The molecule has 0 aromatic carbocycles. The van der Waals surface area contributed by atoms with E-state index in [9.17, 15) is 0 Å². The van der Waals surface area contributed by atoms with Gasteiger partial charge in [0.25, 0.3) is 0 Å². The van der Waals surface area contributed by atoms with E-state index in [0.29, 0.717) is 5.41 Å². The van der Waals surface area contributed by atoms with Gasteiger partial charge in [-0.15, -0.1) is 0 Å². The second-order valence-corrected chi connectivity index (χ2v) is 6.63. The van der Waals surface area contributed by atoms with Gasteiger partial charge in [-0.05, 0) is 0 Å². The van der Waals surface area contributed by atoms with Crippen molar-refractivity contribution in [3.63, 3.8) is 0 Å². The number of hydrogen-bond donors (Lipinski definition) is 0. The molecule has 0 aliphatic heterocycles. The first kappa shape index (κ1) is 9.36. The van der Waals surface area contributed by atoms with Crippen molar-refractivity contribution in [2.75, 3.05) is 0 Å². The van der Waals surface area contributed by atoms with Gasteiger partial charge in [0.05, 0.1) is 0 Å². The van der Waals surface area contributed by atoms with E-state index in [-0.39, 0.29) is 20.4 Å². The Hall–Kier alpha value is 0.270. The molecule has 0 spiro atoms. The van der Waals surface area contributed by atoms with Crippen LogP contribution in [0.1, 0.15) is 35.5 Å². The van der Waals surface area contributed by atoms with E-state index in [2.05, 4.69) is 38.7 Å². The van der Waals surface area contributed by atoms with Gasteiger partial charge in [-0.2, -0.15) is 0 Å². The standard InChI is InChI=1S/C10H16Te/c1-7-6-11-9(8(7)2)10(3,4)5/h6H,1-5H3. The molecule has 1 heteroatoms. The molecule has 0 bridgehead atoms. The molecule has 1 aromatic rings. The van der Waals surface area contributed by atoms with Crippen molar-refractivity contribution in [1.29, 1.82) is 0 Å². The summed E-state index contributed by atoms with van der Waals surface area (Å²) in [5.74, 6) is 0.